The molecule has 1 aliphatic carbocycles. The Morgan fingerprint density at radius 3 is 2.56 bits per heavy atom. The van der Waals surface area contributed by atoms with Gasteiger partial charge >= 0.3 is 0 Å². The Labute approximate surface area is 109 Å². The van der Waals surface area contributed by atoms with Gasteiger partial charge in [-0.1, -0.05) is 43.7 Å². The zero-order chi connectivity index (χ0) is 13.4. The standard InChI is InChI=1S/C16H19NO/c1-12-5-4-6-13(9-12)10-16(11-17)8-7-15(2,3)14(16)18/h4-6,9H,7-8,10H2,1-3H3. The number of hydrogen-bond acceptors (Lipinski definition) is 2. The zero-order valence-electron chi connectivity index (χ0n) is 11.3. The highest BCUT2D eigenvalue weighted by Crippen LogP contribution is 2.47. The van der Waals surface area contributed by atoms with Crippen molar-refractivity contribution in [2.24, 2.45) is 10.8 Å². The second kappa shape index (κ2) is 4.24. The molecule has 0 bridgehead atoms. The predicted octanol–water partition coefficient (Wildman–Crippen LogP) is 3.44. The largest absolute Gasteiger partial charge is 0.297 e. The Bertz CT molecular complexity index is 524. The van der Waals surface area contributed by atoms with Crippen LogP contribution < -0.4 is 0 Å². The molecule has 2 heteroatoms. The zero-order valence-corrected chi connectivity index (χ0v) is 11.3. The van der Waals surface area contributed by atoms with E-state index in [1.54, 1.807) is 0 Å². The normalized spacial score (nSPS) is 26.0. The molecule has 0 heterocycles. The molecule has 0 N–H and O–H groups in total. The van der Waals surface area contributed by atoms with E-state index in [0.29, 0.717) is 12.8 Å². The Morgan fingerprint density at radius 2 is 2.06 bits per heavy atom. The third-order valence-electron chi connectivity index (χ3n) is 4.03. The molecule has 1 fully saturated rings. The summed E-state index contributed by atoms with van der Waals surface area (Å²) in [5.74, 6) is 0.110. The minimum Gasteiger partial charge on any atom is -0.297 e. The van der Waals surface area contributed by atoms with E-state index in [4.69, 9.17) is 0 Å². The van der Waals surface area contributed by atoms with Crippen LogP contribution in [0.15, 0.2) is 24.3 Å². The van der Waals surface area contributed by atoms with Crippen LogP contribution in [0.3, 0.4) is 0 Å². The van der Waals surface area contributed by atoms with Gasteiger partial charge in [0.05, 0.1) is 6.07 Å². The van der Waals surface area contributed by atoms with Crippen molar-refractivity contribution >= 4 is 5.78 Å². The highest BCUT2D eigenvalue weighted by atomic mass is 16.1. The van der Waals surface area contributed by atoms with E-state index in [2.05, 4.69) is 12.1 Å². The molecule has 0 aliphatic heterocycles. The molecular formula is C16H19NO. The number of rotatable bonds is 2. The molecular weight excluding hydrogens is 222 g/mol. The van der Waals surface area contributed by atoms with E-state index < -0.39 is 5.41 Å². The van der Waals surface area contributed by atoms with Gasteiger partial charge in [-0.3, -0.25) is 4.79 Å². The molecule has 1 aromatic carbocycles. The summed E-state index contributed by atoms with van der Waals surface area (Å²) in [6.45, 7) is 5.93. The molecule has 2 nitrogen and oxygen atoms in total. The summed E-state index contributed by atoms with van der Waals surface area (Å²) < 4.78 is 0. The van der Waals surface area contributed by atoms with Crippen LogP contribution in [0, 0.1) is 29.1 Å². The van der Waals surface area contributed by atoms with Crippen LogP contribution in [0.2, 0.25) is 0 Å². The van der Waals surface area contributed by atoms with Crippen LogP contribution in [0.1, 0.15) is 37.8 Å². The number of nitrogens with zero attached hydrogens (tertiary/aromatic N) is 1. The average molecular weight is 241 g/mol. The summed E-state index contributed by atoms with van der Waals surface area (Å²) in [5, 5.41) is 9.48. The average Bonchev–Trinajstić information content (AvgIpc) is 2.54. The van der Waals surface area contributed by atoms with Crippen molar-refractivity contribution in [3.05, 3.63) is 35.4 Å². The maximum absolute atomic E-state index is 12.4. The Hall–Kier alpha value is -1.62. The topological polar surface area (TPSA) is 40.9 Å². The molecule has 0 aromatic heterocycles. The Morgan fingerprint density at radius 1 is 1.33 bits per heavy atom. The first-order chi connectivity index (χ1) is 8.39. The number of carbonyl (C=O) groups excluding carboxylic acids is 1. The van der Waals surface area contributed by atoms with Crippen LogP contribution in [-0.4, -0.2) is 5.78 Å². The second-order valence-electron chi connectivity index (χ2n) is 6.07. The fourth-order valence-corrected chi connectivity index (χ4v) is 2.89. The fourth-order valence-electron chi connectivity index (χ4n) is 2.89. The monoisotopic (exact) mass is 241 g/mol. The van der Waals surface area contributed by atoms with Crippen molar-refractivity contribution in [3.63, 3.8) is 0 Å². The minimum absolute atomic E-state index is 0.110. The Kier molecular flexibility index (Phi) is 3.02. The fraction of sp³-hybridized carbons (Fsp3) is 0.500. The number of nitriles is 1. The van der Waals surface area contributed by atoms with Gasteiger partial charge in [-0.05, 0) is 31.7 Å². The van der Waals surface area contributed by atoms with Gasteiger partial charge in [-0.15, -0.1) is 0 Å². The van der Waals surface area contributed by atoms with Gasteiger partial charge in [-0.25, -0.2) is 0 Å². The summed E-state index contributed by atoms with van der Waals surface area (Å²) in [7, 11) is 0. The molecule has 1 atom stereocenters. The lowest BCUT2D eigenvalue weighted by atomic mass is 9.77. The minimum atomic E-state index is -0.808. The molecule has 94 valence electrons. The second-order valence-corrected chi connectivity index (χ2v) is 6.07. The van der Waals surface area contributed by atoms with E-state index in [1.165, 1.54) is 5.56 Å². The number of benzene rings is 1. The van der Waals surface area contributed by atoms with Crippen LogP contribution in [-0.2, 0) is 11.2 Å². The molecule has 1 unspecified atom stereocenters. The van der Waals surface area contributed by atoms with Crippen molar-refractivity contribution in [3.8, 4) is 6.07 Å². The van der Waals surface area contributed by atoms with Crippen LogP contribution >= 0.6 is 0 Å². The first kappa shape index (κ1) is 12.8. The van der Waals surface area contributed by atoms with E-state index in [-0.39, 0.29) is 11.2 Å². The number of hydrogen-bond donors (Lipinski definition) is 0. The lowest BCUT2D eigenvalue weighted by molar-refractivity contribution is -0.130. The lowest BCUT2D eigenvalue weighted by Gasteiger charge is -2.22. The molecule has 18 heavy (non-hydrogen) atoms. The quantitative estimate of drug-likeness (QED) is 0.795. The Balaban J connectivity index is 2.32. The molecule has 2 rings (SSSR count). The summed E-state index contributed by atoms with van der Waals surface area (Å²) in [6.07, 6.45) is 2.04. The van der Waals surface area contributed by atoms with Gasteiger partial charge in [0.15, 0.2) is 5.78 Å². The van der Waals surface area contributed by atoms with Crippen molar-refractivity contribution in [2.75, 3.05) is 0 Å². The number of carbonyl (C=O) groups is 1. The maximum Gasteiger partial charge on any atom is 0.158 e. The third-order valence-corrected chi connectivity index (χ3v) is 4.03. The number of Topliss-reactive ketones (excluding diaryl/α,β-unsaturated/α-hetero) is 1. The molecule has 0 radical (unpaired) electrons. The molecule has 0 spiro atoms. The highest BCUT2D eigenvalue weighted by molar-refractivity contribution is 5.94. The summed E-state index contributed by atoms with van der Waals surface area (Å²) in [4.78, 5) is 12.4. The predicted molar refractivity (Wildman–Crippen MR) is 71.0 cm³/mol. The van der Waals surface area contributed by atoms with Crippen LogP contribution in [0.5, 0.6) is 0 Å². The van der Waals surface area contributed by atoms with Gasteiger partial charge in [0.1, 0.15) is 5.41 Å². The first-order valence-corrected chi connectivity index (χ1v) is 6.41. The lowest BCUT2D eigenvalue weighted by Crippen LogP contribution is -2.33. The number of ketones is 1. The van der Waals surface area contributed by atoms with Gasteiger partial charge in [0.25, 0.3) is 0 Å². The van der Waals surface area contributed by atoms with E-state index in [9.17, 15) is 10.1 Å². The van der Waals surface area contributed by atoms with E-state index in [0.717, 1.165) is 12.0 Å². The van der Waals surface area contributed by atoms with Crippen molar-refractivity contribution in [1.29, 1.82) is 5.26 Å². The third kappa shape index (κ3) is 2.06. The maximum atomic E-state index is 12.4. The van der Waals surface area contributed by atoms with E-state index >= 15 is 0 Å². The molecule has 1 aromatic rings. The van der Waals surface area contributed by atoms with E-state index in [1.807, 2.05) is 39.0 Å². The van der Waals surface area contributed by atoms with Crippen LogP contribution in [0.4, 0.5) is 0 Å². The van der Waals surface area contributed by atoms with Gasteiger partial charge in [0, 0.05) is 5.41 Å². The molecule has 0 amide bonds. The molecule has 1 saturated carbocycles. The highest BCUT2D eigenvalue weighted by Gasteiger charge is 2.52. The van der Waals surface area contributed by atoms with Gasteiger partial charge in [0.2, 0.25) is 0 Å². The first-order valence-electron chi connectivity index (χ1n) is 6.41. The smallest absolute Gasteiger partial charge is 0.158 e. The van der Waals surface area contributed by atoms with Crippen molar-refractivity contribution in [2.45, 2.75) is 40.0 Å². The summed E-state index contributed by atoms with van der Waals surface area (Å²) in [6, 6.07) is 10.4. The molecule has 1 aliphatic rings. The molecule has 0 saturated heterocycles. The van der Waals surface area contributed by atoms with Crippen molar-refractivity contribution < 1.29 is 4.79 Å². The SMILES string of the molecule is Cc1cccc(CC2(C#N)CCC(C)(C)C2=O)c1. The number of aryl methyl sites for hydroxylation is 1. The van der Waals surface area contributed by atoms with Crippen molar-refractivity contribution in [1.82, 2.24) is 0 Å². The van der Waals surface area contributed by atoms with Crippen LogP contribution in [0.25, 0.3) is 0 Å². The summed E-state index contributed by atoms with van der Waals surface area (Å²) in [5.41, 5.74) is 1.10. The summed E-state index contributed by atoms with van der Waals surface area (Å²) >= 11 is 0. The van der Waals surface area contributed by atoms with Gasteiger partial charge < -0.3 is 0 Å². The van der Waals surface area contributed by atoms with Gasteiger partial charge in [-0.2, -0.15) is 5.26 Å².